The van der Waals surface area contributed by atoms with Crippen molar-refractivity contribution in [2.75, 3.05) is 7.11 Å². The predicted octanol–water partition coefficient (Wildman–Crippen LogP) is 0.743. The van der Waals surface area contributed by atoms with Crippen LogP contribution >= 0.6 is 12.4 Å². The van der Waals surface area contributed by atoms with Crippen LogP contribution in [0, 0.1) is 0 Å². The Labute approximate surface area is 53.1 Å². The molecule has 1 nitrogen and oxygen atoms in total. The number of rotatable bonds is 3. The van der Waals surface area contributed by atoms with E-state index in [1.807, 2.05) is 6.08 Å². The minimum atomic E-state index is -0.196. The van der Waals surface area contributed by atoms with Crippen molar-refractivity contribution in [1.82, 2.24) is 0 Å². The molecule has 0 aromatic rings. The van der Waals surface area contributed by atoms with Crippen LogP contribution in [0.25, 0.3) is 0 Å². The lowest BCUT2D eigenvalue weighted by Gasteiger charge is -1.84. The van der Waals surface area contributed by atoms with E-state index in [2.05, 4.69) is 6.58 Å². The maximum absolute atomic E-state index is 4.85. The molecule has 0 aliphatic rings. The van der Waals surface area contributed by atoms with Gasteiger partial charge in [-0.1, -0.05) is 6.08 Å². The summed E-state index contributed by atoms with van der Waals surface area (Å²) in [5, 5.41) is 0. The van der Waals surface area contributed by atoms with Gasteiger partial charge in [-0.25, -0.2) is 0 Å². The largest absolute Gasteiger partial charge is 0.427 e. The molecule has 0 aliphatic heterocycles. The molecular formula is C4H11ClOSi. The highest BCUT2D eigenvalue weighted by Gasteiger charge is 1.72. The standard InChI is InChI=1S/C4H10OSi.ClH/c1-3-4-6-5-2;/h3H,1,4,6H2,2H3;1H. The summed E-state index contributed by atoms with van der Waals surface area (Å²) >= 11 is 0. The number of halogens is 1. The second-order valence-corrected chi connectivity index (χ2v) is 2.63. The second kappa shape index (κ2) is 9.51. The van der Waals surface area contributed by atoms with Gasteiger partial charge in [0.05, 0.1) is 0 Å². The van der Waals surface area contributed by atoms with Crippen LogP contribution in [0.5, 0.6) is 0 Å². The summed E-state index contributed by atoms with van der Waals surface area (Å²) in [6.45, 7) is 3.55. The summed E-state index contributed by atoms with van der Waals surface area (Å²) in [4.78, 5) is 0. The van der Waals surface area contributed by atoms with Gasteiger partial charge in [0, 0.05) is 7.11 Å². The third kappa shape index (κ3) is 10.7. The normalized spacial score (nSPS) is 8.71. The topological polar surface area (TPSA) is 9.23 Å². The Balaban J connectivity index is 0. The average Bonchev–Trinajstić information content (AvgIpc) is 1.61. The minimum Gasteiger partial charge on any atom is -0.427 e. The molecule has 0 atom stereocenters. The fraction of sp³-hybridized carbons (Fsp3) is 0.500. The van der Waals surface area contributed by atoms with Crippen LogP contribution in [0.15, 0.2) is 12.7 Å². The van der Waals surface area contributed by atoms with Gasteiger partial charge in [0.15, 0.2) is 9.76 Å². The molecule has 0 aromatic heterocycles. The Morgan fingerprint density at radius 2 is 2.43 bits per heavy atom. The van der Waals surface area contributed by atoms with Crippen molar-refractivity contribution in [3.8, 4) is 0 Å². The van der Waals surface area contributed by atoms with Crippen molar-refractivity contribution in [2.45, 2.75) is 6.04 Å². The molecule has 0 aromatic carbocycles. The summed E-state index contributed by atoms with van der Waals surface area (Å²) in [6.07, 6.45) is 1.90. The van der Waals surface area contributed by atoms with E-state index in [1.165, 1.54) is 0 Å². The van der Waals surface area contributed by atoms with E-state index in [0.29, 0.717) is 0 Å². The van der Waals surface area contributed by atoms with Crippen molar-refractivity contribution >= 4 is 22.2 Å². The molecule has 0 N–H and O–H groups in total. The Morgan fingerprint density at radius 3 is 2.57 bits per heavy atom. The molecule has 0 fully saturated rings. The summed E-state index contributed by atoms with van der Waals surface area (Å²) in [7, 11) is 1.55. The SMILES string of the molecule is C=CC[SiH2]OC.Cl. The van der Waals surface area contributed by atoms with E-state index < -0.39 is 0 Å². The van der Waals surface area contributed by atoms with Crippen LogP contribution in [-0.2, 0) is 4.43 Å². The zero-order valence-electron chi connectivity index (χ0n) is 4.52. The van der Waals surface area contributed by atoms with Crippen molar-refractivity contribution < 1.29 is 4.43 Å². The van der Waals surface area contributed by atoms with Gasteiger partial charge in [0.2, 0.25) is 0 Å². The molecule has 3 heteroatoms. The zero-order valence-corrected chi connectivity index (χ0v) is 6.75. The van der Waals surface area contributed by atoms with E-state index in [4.69, 9.17) is 4.43 Å². The highest BCUT2D eigenvalue weighted by atomic mass is 35.5. The molecule has 44 valence electrons. The fourth-order valence-electron chi connectivity index (χ4n) is 0.201. The van der Waals surface area contributed by atoms with Gasteiger partial charge in [-0.2, -0.15) is 0 Å². The average molecular weight is 139 g/mol. The lowest BCUT2D eigenvalue weighted by molar-refractivity contribution is 0.443. The van der Waals surface area contributed by atoms with E-state index in [0.717, 1.165) is 6.04 Å². The van der Waals surface area contributed by atoms with Crippen molar-refractivity contribution in [2.24, 2.45) is 0 Å². The first-order valence-electron chi connectivity index (χ1n) is 2.01. The molecular weight excluding hydrogens is 128 g/mol. The molecule has 0 rings (SSSR count). The lowest BCUT2D eigenvalue weighted by atomic mass is 10.8. The van der Waals surface area contributed by atoms with E-state index in [1.54, 1.807) is 7.11 Å². The summed E-state index contributed by atoms with van der Waals surface area (Å²) < 4.78 is 4.85. The maximum atomic E-state index is 4.85. The summed E-state index contributed by atoms with van der Waals surface area (Å²) in [6, 6.07) is 1.09. The highest BCUT2D eigenvalue weighted by Crippen LogP contribution is 1.74. The van der Waals surface area contributed by atoms with E-state index in [9.17, 15) is 0 Å². The lowest BCUT2D eigenvalue weighted by Crippen LogP contribution is -1.87. The molecule has 0 unspecified atom stereocenters. The molecule has 0 saturated heterocycles. The van der Waals surface area contributed by atoms with Crippen LogP contribution in [0.3, 0.4) is 0 Å². The van der Waals surface area contributed by atoms with Crippen LogP contribution in [-0.4, -0.2) is 16.9 Å². The van der Waals surface area contributed by atoms with Crippen LogP contribution < -0.4 is 0 Å². The molecule has 0 aliphatic carbocycles. The number of allylic oxidation sites excluding steroid dienone is 1. The second-order valence-electron chi connectivity index (χ2n) is 1.07. The van der Waals surface area contributed by atoms with Gasteiger partial charge >= 0.3 is 0 Å². The molecule has 0 amide bonds. The van der Waals surface area contributed by atoms with Crippen molar-refractivity contribution in [1.29, 1.82) is 0 Å². The number of hydrogen-bond donors (Lipinski definition) is 0. The Kier molecular flexibility index (Phi) is 13.9. The Hall–Kier alpha value is 0.207. The van der Waals surface area contributed by atoms with Gasteiger partial charge < -0.3 is 4.43 Å². The maximum Gasteiger partial charge on any atom is 0.164 e. The minimum absolute atomic E-state index is 0. The quantitative estimate of drug-likeness (QED) is 0.318. The summed E-state index contributed by atoms with van der Waals surface area (Å²) in [5.41, 5.74) is 0. The first-order valence-corrected chi connectivity index (χ1v) is 3.59. The molecule has 0 saturated carbocycles. The number of hydrogen-bond acceptors (Lipinski definition) is 1. The third-order valence-corrected chi connectivity index (χ3v) is 1.58. The smallest absolute Gasteiger partial charge is 0.164 e. The van der Waals surface area contributed by atoms with Gasteiger partial charge in [0.1, 0.15) is 0 Å². The van der Waals surface area contributed by atoms with Crippen molar-refractivity contribution in [3.05, 3.63) is 12.7 Å². The predicted molar refractivity (Wildman–Crippen MR) is 37.8 cm³/mol. The van der Waals surface area contributed by atoms with Gasteiger partial charge in [0.25, 0.3) is 0 Å². The Bertz CT molecular complexity index is 40.7. The molecule has 0 heterocycles. The first kappa shape index (κ1) is 10.2. The Morgan fingerprint density at radius 1 is 1.86 bits per heavy atom. The van der Waals surface area contributed by atoms with E-state index in [-0.39, 0.29) is 22.2 Å². The van der Waals surface area contributed by atoms with Crippen LogP contribution in [0.2, 0.25) is 6.04 Å². The molecule has 0 radical (unpaired) electrons. The monoisotopic (exact) mass is 138 g/mol. The van der Waals surface area contributed by atoms with Crippen molar-refractivity contribution in [3.63, 3.8) is 0 Å². The zero-order chi connectivity index (χ0) is 4.83. The fourth-order valence-corrected chi connectivity index (χ4v) is 0.604. The van der Waals surface area contributed by atoms with E-state index >= 15 is 0 Å². The van der Waals surface area contributed by atoms with Crippen LogP contribution in [0.1, 0.15) is 0 Å². The van der Waals surface area contributed by atoms with Gasteiger partial charge in [-0.3, -0.25) is 0 Å². The third-order valence-electron chi connectivity index (χ3n) is 0.526. The van der Waals surface area contributed by atoms with Gasteiger partial charge in [-0.05, 0) is 6.04 Å². The molecule has 0 spiro atoms. The molecule has 7 heavy (non-hydrogen) atoms. The first-order chi connectivity index (χ1) is 2.91. The molecule has 0 bridgehead atoms. The van der Waals surface area contributed by atoms with Gasteiger partial charge in [-0.15, -0.1) is 19.0 Å². The van der Waals surface area contributed by atoms with Crippen LogP contribution in [0.4, 0.5) is 0 Å². The highest BCUT2D eigenvalue weighted by molar-refractivity contribution is 6.27. The summed E-state index contributed by atoms with van der Waals surface area (Å²) in [5.74, 6) is 0.